The summed E-state index contributed by atoms with van der Waals surface area (Å²) in [7, 11) is -1.85. The van der Waals surface area contributed by atoms with Gasteiger partial charge in [0.2, 0.25) is 10.0 Å². The minimum Gasteiger partial charge on any atom is -0.491 e. The van der Waals surface area contributed by atoms with Crippen LogP contribution in [0.4, 0.5) is 5.69 Å². The van der Waals surface area contributed by atoms with Crippen molar-refractivity contribution in [3.05, 3.63) is 54.1 Å². The molecule has 1 N–H and O–H groups in total. The van der Waals surface area contributed by atoms with E-state index in [4.69, 9.17) is 9.47 Å². The van der Waals surface area contributed by atoms with E-state index >= 15 is 0 Å². The molecule has 8 heteroatoms. The molecule has 30 heavy (non-hydrogen) atoms. The monoisotopic (exact) mass is 434 g/mol. The number of carbonyl (C=O) groups excluding carboxylic acids is 1. The van der Waals surface area contributed by atoms with E-state index in [0.29, 0.717) is 24.5 Å². The quantitative estimate of drug-likeness (QED) is 0.621. The molecule has 0 unspecified atom stereocenters. The number of sulfonamides is 1. The van der Waals surface area contributed by atoms with Gasteiger partial charge in [-0.25, -0.2) is 8.42 Å². The zero-order valence-corrected chi connectivity index (χ0v) is 18.9. The first-order valence-electron chi connectivity index (χ1n) is 9.80. The molecule has 164 valence electrons. The van der Waals surface area contributed by atoms with Gasteiger partial charge < -0.3 is 14.8 Å². The van der Waals surface area contributed by atoms with Crippen LogP contribution in [0.1, 0.15) is 25.8 Å². The van der Waals surface area contributed by atoms with Crippen molar-refractivity contribution < 1.29 is 22.7 Å². The molecule has 0 bridgehead atoms. The second-order valence-electron chi connectivity index (χ2n) is 7.27. The van der Waals surface area contributed by atoms with Crippen LogP contribution in [0.5, 0.6) is 11.5 Å². The molecule has 1 amide bonds. The highest BCUT2D eigenvalue weighted by atomic mass is 32.2. The third-order valence-electron chi connectivity index (χ3n) is 4.55. The maximum atomic E-state index is 12.6. The SMILES string of the molecule is CC[C@H](Oc1ccc(N(C)S(C)(=O)=O)cc1)C(=O)N[C@H](C)COc1ccc(C)cc1. The first kappa shape index (κ1) is 23.5. The van der Waals surface area contributed by atoms with Crippen LogP contribution in [0.3, 0.4) is 0 Å². The minimum atomic E-state index is -3.33. The summed E-state index contributed by atoms with van der Waals surface area (Å²) >= 11 is 0. The van der Waals surface area contributed by atoms with Crippen LogP contribution in [-0.4, -0.2) is 46.4 Å². The van der Waals surface area contributed by atoms with E-state index in [1.807, 2.05) is 45.0 Å². The van der Waals surface area contributed by atoms with Crippen molar-refractivity contribution in [2.45, 2.75) is 39.3 Å². The fraction of sp³-hybridized carbons (Fsp3) is 0.409. The number of nitrogens with zero attached hydrogens (tertiary/aromatic N) is 1. The van der Waals surface area contributed by atoms with E-state index in [2.05, 4.69) is 5.32 Å². The van der Waals surface area contributed by atoms with E-state index in [0.717, 1.165) is 17.6 Å². The number of amides is 1. The predicted molar refractivity (Wildman–Crippen MR) is 119 cm³/mol. The van der Waals surface area contributed by atoms with E-state index in [9.17, 15) is 13.2 Å². The highest BCUT2D eigenvalue weighted by Gasteiger charge is 2.21. The predicted octanol–water partition coefficient (Wildman–Crippen LogP) is 3.13. The lowest BCUT2D eigenvalue weighted by Gasteiger charge is -2.21. The lowest BCUT2D eigenvalue weighted by molar-refractivity contribution is -0.128. The Labute approximate surface area is 179 Å². The molecule has 2 aromatic carbocycles. The summed E-state index contributed by atoms with van der Waals surface area (Å²) in [5.74, 6) is 1.02. The summed E-state index contributed by atoms with van der Waals surface area (Å²) in [4.78, 5) is 12.6. The Balaban J connectivity index is 1.90. The van der Waals surface area contributed by atoms with Crippen molar-refractivity contribution in [1.82, 2.24) is 5.32 Å². The molecule has 7 nitrogen and oxygen atoms in total. The fourth-order valence-electron chi connectivity index (χ4n) is 2.65. The summed E-state index contributed by atoms with van der Waals surface area (Å²) in [5.41, 5.74) is 1.67. The molecule has 0 aromatic heterocycles. The van der Waals surface area contributed by atoms with Gasteiger partial charge in [-0.05, 0) is 56.7 Å². The van der Waals surface area contributed by atoms with Crippen molar-refractivity contribution in [2.75, 3.05) is 24.2 Å². The molecule has 2 rings (SSSR count). The molecule has 0 saturated carbocycles. The normalized spacial score (nSPS) is 13.2. The van der Waals surface area contributed by atoms with Gasteiger partial charge >= 0.3 is 0 Å². The molecular weight excluding hydrogens is 404 g/mol. The molecule has 0 saturated heterocycles. The van der Waals surface area contributed by atoms with Crippen LogP contribution in [0, 0.1) is 6.92 Å². The molecule has 0 heterocycles. The van der Waals surface area contributed by atoms with Crippen LogP contribution < -0.4 is 19.1 Å². The highest BCUT2D eigenvalue weighted by Crippen LogP contribution is 2.21. The zero-order chi connectivity index (χ0) is 22.3. The zero-order valence-electron chi connectivity index (χ0n) is 18.1. The Morgan fingerprint density at radius 3 is 2.17 bits per heavy atom. The van der Waals surface area contributed by atoms with Crippen LogP contribution in [0.25, 0.3) is 0 Å². The summed E-state index contributed by atoms with van der Waals surface area (Å²) in [6.45, 7) is 6.09. The average Bonchev–Trinajstić information content (AvgIpc) is 2.70. The Hall–Kier alpha value is -2.74. The smallest absolute Gasteiger partial charge is 0.261 e. The summed E-state index contributed by atoms with van der Waals surface area (Å²) < 4.78 is 35.9. The Morgan fingerprint density at radius 1 is 1.07 bits per heavy atom. The second kappa shape index (κ2) is 10.3. The van der Waals surface area contributed by atoms with Gasteiger partial charge in [-0.3, -0.25) is 9.10 Å². The molecule has 2 aromatic rings. The molecule has 0 radical (unpaired) electrons. The van der Waals surface area contributed by atoms with Gasteiger partial charge in [0.25, 0.3) is 5.91 Å². The molecule has 0 aliphatic rings. The fourth-order valence-corrected chi connectivity index (χ4v) is 3.15. The molecule has 0 fully saturated rings. The number of anilines is 1. The summed E-state index contributed by atoms with van der Waals surface area (Å²) in [5, 5.41) is 2.91. The first-order valence-corrected chi connectivity index (χ1v) is 11.7. The number of carbonyl (C=O) groups is 1. The Morgan fingerprint density at radius 2 is 1.63 bits per heavy atom. The Kier molecular flexibility index (Phi) is 8.11. The van der Waals surface area contributed by atoms with Gasteiger partial charge in [0.05, 0.1) is 18.0 Å². The number of hydrogen-bond acceptors (Lipinski definition) is 5. The third-order valence-corrected chi connectivity index (χ3v) is 5.75. The molecule has 0 aliphatic carbocycles. The number of ether oxygens (including phenoxy) is 2. The number of hydrogen-bond donors (Lipinski definition) is 1. The van der Waals surface area contributed by atoms with Gasteiger partial charge in [0.15, 0.2) is 6.10 Å². The van der Waals surface area contributed by atoms with Crippen molar-refractivity contribution in [3.63, 3.8) is 0 Å². The number of rotatable bonds is 10. The minimum absolute atomic E-state index is 0.192. The van der Waals surface area contributed by atoms with Crippen LogP contribution in [-0.2, 0) is 14.8 Å². The average molecular weight is 435 g/mol. The van der Waals surface area contributed by atoms with Crippen molar-refractivity contribution in [2.24, 2.45) is 0 Å². The van der Waals surface area contributed by atoms with Crippen LogP contribution >= 0.6 is 0 Å². The second-order valence-corrected chi connectivity index (χ2v) is 9.29. The number of benzene rings is 2. The first-order chi connectivity index (χ1) is 14.1. The summed E-state index contributed by atoms with van der Waals surface area (Å²) in [6.07, 6.45) is 0.964. The van der Waals surface area contributed by atoms with Crippen molar-refractivity contribution in [1.29, 1.82) is 0 Å². The largest absolute Gasteiger partial charge is 0.491 e. The van der Waals surface area contributed by atoms with E-state index in [1.54, 1.807) is 24.3 Å². The van der Waals surface area contributed by atoms with Crippen molar-refractivity contribution >= 4 is 21.6 Å². The standard InChI is InChI=1S/C22H30N2O5S/c1-6-21(29-20-13-9-18(10-14-20)24(4)30(5,26)27)22(25)23-17(3)15-28-19-11-7-16(2)8-12-19/h7-14,17,21H,6,15H2,1-5H3,(H,23,25)/t17-,21+/m1/s1. The van der Waals surface area contributed by atoms with E-state index in [-0.39, 0.29) is 11.9 Å². The molecule has 2 atom stereocenters. The number of aryl methyl sites for hydroxylation is 1. The van der Waals surface area contributed by atoms with Crippen molar-refractivity contribution in [3.8, 4) is 11.5 Å². The van der Waals surface area contributed by atoms with Gasteiger partial charge in [-0.15, -0.1) is 0 Å². The van der Waals surface area contributed by atoms with E-state index < -0.39 is 16.1 Å². The maximum Gasteiger partial charge on any atom is 0.261 e. The molecular formula is C22H30N2O5S. The third kappa shape index (κ3) is 6.95. The number of nitrogens with one attached hydrogen (secondary N) is 1. The van der Waals surface area contributed by atoms with Gasteiger partial charge in [0, 0.05) is 7.05 Å². The maximum absolute atomic E-state index is 12.6. The molecule has 0 spiro atoms. The highest BCUT2D eigenvalue weighted by molar-refractivity contribution is 7.92. The Bertz CT molecular complexity index is 927. The van der Waals surface area contributed by atoms with Gasteiger partial charge in [-0.1, -0.05) is 24.6 Å². The van der Waals surface area contributed by atoms with Crippen LogP contribution in [0.2, 0.25) is 0 Å². The van der Waals surface area contributed by atoms with E-state index in [1.165, 1.54) is 11.4 Å². The topological polar surface area (TPSA) is 84.9 Å². The van der Waals surface area contributed by atoms with Crippen LogP contribution in [0.15, 0.2) is 48.5 Å². The van der Waals surface area contributed by atoms with Gasteiger partial charge in [0.1, 0.15) is 18.1 Å². The van der Waals surface area contributed by atoms with Gasteiger partial charge in [-0.2, -0.15) is 0 Å². The lowest BCUT2D eigenvalue weighted by atomic mass is 10.2. The summed E-state index contributed by atoms with van der Waals surface area (Å²) in [6, 6.07) is 14.1. The lowest BCUT2D eigenvalue weighted by Crippen LogP contribution is -2.44. The molecule has 0 aliphatic heterocycles.